The van der Waals surface area contributed by atoms with Gasteiger partial charge in [-0.15, -0.1) is 14.6 Å². The fourth-order valence-electron chi connectivity index (χ4n) is 1.58. The quantitative estimate of drug-likeness (QED) is 0.193. The van der Waals surface area contributed by atoms with Gasteiger partial charge in [0.25, 0.3) is 10.1 Å². The van der Waals surface area contributed by atoms with E-state index in [1.54, 1.807) is 0 Å². The molecular formula is C11H11N5O6S2. The molecule has 0 bridgehead atoms. The molecule has 0 aliphatic carbocycles. The van der Waals surface area contributed by atoms with Crippen LogP contribution in [-0.2, 0) is 19.5 Å². The maximum Gasteiger partial charge on any atom is 0.296 e. The summed E-state index contributed by atoms with van der Waals surface area (Å²) in [4.78, 5) is 3.61. The minimum absolute atomic E-state index is 0.00491. The van der Waals surface area contributed by atoms with Crippen LogP contribution in [0.1, 0.15) is 0 Å². The van der Waals surface area contributed by atoms with Crippen LogP contribution in [0.3, 0.4) is 0 Å². The monoisotopic (exact) mass is 373 g/mol. The number of nitrogens with zero attached hydrogens (tertiary/aromatic N) is 3. The summed E-state index contributed by atoms with van der Waals surface area (Å²) >= 11 is 0.577. The fraction of sp³-hybridized carbons (Fsp3) is 0. The summed E-state index contributed by atoms with van der Waals surface area (Å²) in [5, 5.41) is 19.1. The Labute approximate surface area is 140 Å². The van der Waals surface area contributed by atoms with E-state index in [0.29, 0.717) is 16.9 Å². The van der Waals surface area contributed by atoms with Crippen molar-refractivity contribution in [2.24, 2.45) is 10.2 Å². The molecule has 1 aromatic heterocycles. The van der Waals surface area contributed by atoms with E-state index in [1.807, 2.05) is 0 Å². The first-order valence-electron chi connectivity index (χ1n) is 6.01. The van der Waals surface area contributed by atoms with Gasteiger partial charge in [0.1, 0.15) is 22.1 Å². The van der Waals surface area contributed by atoms with Crippen LogP contribution in [0.2, 0.25) is 0 Å². The lowest BCUT2D eigenvalue weighted by Gasteiger charge is -2.04. The van der Waals surface area contributed by atoms with E-state index in [0.717, 1.165) is 6.07 Å². The number of aromatic nitrogens is 1. The molecule has 0 fully saturated rings. The summed E-state index contributed by atoms with van der Waals surface area (Å²) in [6, 6.07) is 6.49. The predicted molar refractivity (Wildman–Crippen MR) is 84.2 cm³/mol. The number of azo groups is 1. The van der Waals surface area contributed by atoms with Gasteiger partial charge < -0.3 is 11.5 Å². The van der Waals surface area contributed by atoms with E-state index in [4.69, 9.17) is 16.7 Å². The second-order valence-electron chi connectivity index (χ2n) is 4.17. The molecule has 2 rings (SSSR count). The van der Waals surface area contributed by atoms with E-state index in [-0.39, 0.29) is 23.0 Å². The van der Waals surface area contributed by atoms with E-state index in [9.17, 15) is 13.0 Å². The van der Waals surface area contributed by atoms with Crippen LogP contribution in [0, 0.1) is 0 Å². The first-order chi connectivity index (χ1) is 11.3. The van der Waals surface area contributed by atoms with Crippen molar-refractivity contribution in [1.82, 2.24) is 4.98 Å². The molecule has 0 atom stereocenters. The van der Waals surface area contributed by atoms with Crippen LogP contribution < -0.4 is 11.5 Å². The molecule has 0 aliphatic rings. The van der Waals surface area contributed by atoms with Crippen molar-refractivity contribution in [3.63, 3.8) is 0 Å². The molecule has 24 heavy (non-hydrogen) atoms. The number of benzene rings is 1. The Balaban J connectivity index is 2.43. The molecule has 11 nitrogen and oxygen atoms in total. The molecule has 0 saturated heterocycles. The average Bonchev–Trinajstić information content (AvgIpc) is 2.51. The van der Waals surface area contributed by atoms with Crippen molar-refractivity contribution in [3.8, 4) is 0 Å². The van der Waals surface area contributed by atoms with Crippen LogP contribution in [0.25, 0.3) is 0 Å². The Kier molecular flexibility index (Phi) is 5.66. The molecule has 0 saturated carbocycles. The van der Waals surface area contributed by atoms with Crippen molar-refractivity contribution >= 4 is 45.2 Å². The van der Waals surface area contributed by atoms with Gasteiger partial charge in [0.05, 0.1) is 12.0 Å². The molecule has 13 heteroatoms. The standard InChI is InChI=1S/C11H11N5O6S2/c12-10-4-2-7(11(13)14-10)15-16-8-5-6(23-22-21-17)1-3-9(8)24(18,19)20/h1-5,17H,(H4,12,13,14)(H,18,19,20)/b16-15+. The summed E-state index contributed by atoms with van der Waals surface area (Å²) in [5.74, 6) is 0.180. The van der Waals surface area contributed by atoms with Gasteiger partial charge in [-0.25, -0.2) is 10.2 Å². The van der Waals surface area contributed by atoms with Gasteiger partial charge in [-0.1, -0.05) is 5.04 Å². The first-order valence-corrected chi connectivity index (χ1v) is 8.19. The van der Waals surface area contributed by atoms with Gasteiger partial charge in [-0.2, -0.15) is 8.42 Å². The molecule has 0 amide bonds. The molecule has 0 spiro atoms. The molecule has 0 unspecified atom stereocenters. The van der Waals surface area contributed by atoms with Gasteiger partial charge >= 0.3 is 0 Å². The molecule has 2 aromatic rings. The molecule has 6 N–H and O–H groups in total. The zero-order valence-corrected chi connectivity index (χ0v) is 13.4. The average molecular weight is 373 g/mol. The van der Waals surface area contributed by atoms with E-state index in [1.165, 1.54) is 24.3 Å². The highest BCUT2D eigenvalue weighted by atomic mass is 32.2. The highest BCUT2D eigenvalue weighted by molar-refractivity contribution is 7.94. The van der Waals surface area contributed by atoms with Crippen molar-refractivity contribution < 1.29 is 27.6 Å². The first kappa shape index (κ1) is 18.1. The highest BCUT2D eigenvalue weighted by Crippen LogP contribution is 2.32. The van der Waals surface area contributed by atoms with Crippen LogP contribution in [0.4, 0.5) is 23.0 Å². The lowest BCUT2D eigenvalue weighted by Crippen LogP contribution is -1.98. The van der Waals surface area contributed by atoms with Crippen molar-refractivity contribution in [3.05, 3.63) is 30.3 Å². The third kappa shape index (κ3) is 4.60. The second-order valence-corrected chi connectivity index (χ2v) is 6.34. The topological polar surface area (TPSA) is 183 Å². The van der Waals surface area contributed by atoms with Crippen molar-refractivity contribution in [2.45, 2.75) is 9.79 Å². The van der Waals surface area contributed by atoms with E-state index in [2.05, 4.69) is 24.6 Å². The lowest BCUT2D eigenvalue weighted by molar-refractivity contribution is -0.432. The normalized spacial score (nSPS) is 11.9. The minimum atomic E-state index is -4.54. The van der Waals surface area contributed by atoms with Crippen LogP contribution in [0.15, 0.2) is 50.4 Å². The summed E-state index contributed by atoms with van der Waals surface area (Å²) in [6.07, 6.45) is 0. The number of hydrogen-bond donors (Lipinski definition) is 4. The SMILES string of the molecule is Nc1ccc(/N=N/c2cc(SOOO)ccc2S(=O)(=O)O)c(N)n1. The summed E-state index contributed by atoms with van der Waals surface area (Å²) < 4.78 is 36.3. The molecule has 0 aliphatic heterocycles. The van der Waals surface area contributed by atoms with Gasteiger partial charge in [0, 0.05) is 4.90 Å². The third-order valence-corrected chi connectivity index (χ3v) is 4.03. The fourth-order valence-corrected chi connectivity index (χ4v) is 2.57. The van der Waals surface area contributed by atoms with E-state index < -0.39 is 15.0 Å². The number of anilines is 2. The molecule has 0 radical (unpaired) electrons. The lowest BCUT2D eigenvalue weighted by atomic mass is 10.3. The minimum Gasteiger partial charge on any atom is -0.384 e. The molecular weight excluding hydrogens is 362 g/mol. The van der Waals surface area contributed by atoms with Crippen molar-refractivity contribution in [1.29, 1.82) is 0 Å². The van der Waals surface area contributed by atoms with Crippen LogP contribution in [0.5, 0.6) is 0 Å². The predicted octanol–water partition coefficient (Wildman–Crippen LogP) is 2.34. The molecule has 1 aromatic carbocycles. The largest absolute Gasteiger partial charge is 0.384 e. The number of nitrogen functional groups attached to an aromatic ring is 2. The zero-order chi connectivity index (χ0) is 17.7. The smallest absolute Gasteiger partial charge is 0.296 e. The summed E-state index contributed by atoms with van der Waals surface area (Å²) in [7, 11) is -4.54. The molecule has 1 heterocycles. The Hall–Kier alpha value is -2.29. The maximum absolute atomic E-state index is 11.4. The van der Waals surface area contributed by atoms with Crippen LogP contribution in [-0.4, -0.2) is 23.2 Å². The Morgan fingerprint density at radius 2 is 1.83 bits per heavy atom. The highest BCUT2D eigenvalue weighted by Gasteiger charge is 2.17. The van der Waals surface area contributed by atoms with E-state index >= 15 is 0 Å². The van der Waals surface area contributed by atoms with Gasteiger partial charge in [0.2, 0.25) is 0 Å². The second kappa shape index (κ2) is 7.52. The zero-order valence-electron chi connectivity index (χ0n) is 11.7. The van der Waals surface area contributed by atoms with Crippen LogP contribution >= 0.6 is 12.0 Å². The van der Waals surface area contributed by atoms with Crippen molar-refractivity contribution in [2.75, 3.05) is 11.5 Å². The summed E-state index contributed by atoms with van der Waals surface area (Å²) in [6.45, 7) is 0. The maximum atomic E-state index is 11.4. The Morgan fingerprint density at radius 1 is 1.12 bits per heavy atom. The molecule has 128 valence electrons. The third-order valence-electron chi connectivity index (χ3n) is 2.56. The number of hydrogen-bond acceptors (Lipinski definition) is 11. The van der Waals surface area contributed by atoms with Gasteiger partial charge in [-0.3, -0.25) is 4.55 Å². The summed E-state index contributed by atoms with van der Waals surface area (Å²) in [5.41, 5.74) is 11.0. The number of nitrogens with two attached hydrogens (primary N) is 2. The van der Waals surface area contributed by atoms with Gasteiger partial charge in [-0.05, 0) is 30.3 Å². The number of pyridine rings is 1. The number of rotatable bonds is 6. The van der Waals surface area contributed by atoms with Gasteiger partial charge in [0.15, 0.2) is 5.82 Å². The Bertz CT molecular complexity index is 873. The Morgan fingerprint density at radius 3 is 2.46 bits per heavy atom.